The Morgan fingerprint density at radius 2 is 1.53 bits per heavy atom. The van der Waals surface area contributed by atoms with Crippen LogP contribution in [0.1, 0.15) is 16.7 Å². The molecule has 0 atom stereocenters. The first-order chi connectivity index (χ1) is 7.00. The number of fused-ring (bicyclic) bond motifs is 1. The van der Waals surface area contributed by atoms with Crippen molar-refractivity contribution in [1.82, 2.24) is 4.57 Å². The lowest BCUT2D eigenvalue weighted by molar-refractivity contribution is 0.901. The molecule has 0 N–H and O–H groups in total. The van der Waals surface area contributed by atoms with Crippen LogP contribution in [-0.2, 0) is 7.05 Å². The summed E-state index contributed by atoms with van der Waals surface area (Å²) in [5, 5.41) is 1.17. The second kappa shape index (κ2) is 3.23. The lowest BCUT2D eigenvalue weighted by Crippen LogP contribution is -2.16. The van der Waals surface area contributed by atoms with E-state index in [0.717, 1.165) is 11.1 Å². The topological polar surface area (TPSA) is 22.0 Å². The second-order valence-corrected chi connectivity index (χ2v) is 4.18. The van der Waals surface area contributed by atoms with Crippen LogP contribution in [0.15, 0.2) is 23.0 Å². The molecule has 0 saturated carbocycles. The summed E-state index contributed by atoms with van der Waals surface area (Å²) in [6.07, 6.45) is 0. The summed E-state index contributed by atoms with van der Waals surface area (Å²) < 4.78 is 1.70. The molecule has 0 unspecified atom stereocenters. The molecular weight excluding hydrogens is 186 g/mol. The molecule has 1 aromatic carbocycles. The molecule has 2 rings (SSSR count). The summed E-state index contributed by atoms with van der Waals surface area (Å²) in [7, 11) is 1.82. The van der Waals surface area contributed by atoms with Gasteiger partial charge in [-0.15, -0.1) is 0 Å². The zero-order valence-electron chi connectivity index (χ0n) is 9.59. The van der Waals surface area contributed by atoms with Crippen molar-refractivity contribution in [3.8, 4) is 0 Å². The fraction of sp³-hybridized carbons (Fsp3) is 0.308. The number of rotatable bonds is 0. The number of pyridine rings is 1. The van der Waals surface area contributed by atoms with E-state index < -0.39 is 0 Å². The molecule has 0 aliphatic heterocycles. The number of benzene rings is 1. The van der Waals surface area contributed by atoms with Gasteiger partial charge in [0, 0.05) is 18.5 Å². The van der Waals surface area contributed by atoms with Crippen LogP contribution in [0.4, 0.5) is 0 Å². The standard InChI is InChI=1S/C13H15NO/c1-8-5-11-10(3)7-13(15)14(4)12(11)6-9(8)2/h5-7H,1-4H3. The minimum atomic E-state index is 0.0586. The Morgan fingerprint density at radius 1 is 0.933 bits per heavy atom. The lowest BCUT2D eigenvalue weighted by Gasteiger charge is -2.10. The Hall–Kier alpha value is -1.57. The zero-order chi connectivity index (χ0) is 11.2. The molecule has 0 radical (unpaired) electrons. The van der Waals surface area contributed by atoms with Crippen molar-refractivity contribution in [1.29, 1.82) is 0 Å². The Morgan fingerprint density at radius 3 is 2.20 bits per heavy atom. The summed E-state index contributed by atoms with van der Waals surface area (Å²) in [5.41, 5.74) is 4.62. The van der Waals surface area contributed by atoms with Gasteiger partial charge in [0.1, 0.15) is 0 Å². The van der Waals surface area contributed by atoms with Gasteiger partial charge in [0.15, 0.2) is 0 Å². The number of nitrogens with zero attached hydrogens (tertiary/aromatic N) is 1. The fourth-order valence-electron chi connectivity index (χ4n) is 1.87. The number of aryl methyl sites for hydroxylation is 4. The largest absolute Gasteiger partial charge is 0.311 e. The molecule has 2 aromatic rings. The van der Waals surface area contributed by atoms with Gasteiger partial charge < -0.3 is 4.57 Å². The van der Waals surface area contributed by atoms with Gasteiger partial charge in [0.05, 0.1) is 5.52 Å². The van der Waals surface area contributed by atoms with Crippen LogP contribution in [0.3, 0.4) is 0 Å². The zero-order valence-corrected chi connectivity index (χ0v) is 9.59. The van der Waals surface area contributed by atoms with Gasteiger partial charge in [0.25, 0.3) is 5.56 Å². The van der Waals surface area contributed by atoms with E-state index in [0.29, 0.717) is 0 Å². The third kappa shape index (κ3) is 1.46. The SMILES string of the molecule is Cc1cc2c(C)cc(=O)n(C)c2cc1C. The first kappa shape index (κ1) is 9.97. The van der Waals surface area contributed by atoms with Gasteiger partial charge in [-0.05, 0) is 49.6 Å². The van der Waals surface area contributed by atoms with Crippen LogP contribution in [0.25, 0.3) is 10.9 Å². The van der Waals surface area contributed by atoms with E-state index in [1.165, 1.54) is 16.5 Å². The highest BCUT2D eigenvalue weighted by Crippen LogP contribution is 2.20. The second-order valence-electron chi connectivity index (χ2n) is 4.18. The Labute approximate surface area is 89.2 Å². The van der Waals surface area contributed by atoms with Crippen LogP contribution in [0, 0.1) is 20.8 Å². The van der Waals surface area contributed by atoms with E-state index in [2.05, 4.69) is 26.0 Å². The van der Waals surface area contributed by atoms with Crippen molar-refractivity contribution in [2.24, 2.45) is 7.05 Å². The minimum Gasteiger partial charge on any atom is -0.311 e. The monoisotopic (exact) mass is 201 g/mol. The average molecular weight is 201 g/mol. The highest BCUT2D eigenvalue weighted by atomic mass is 16.1. The molecule has 0 spiro atoms. The Balaban J connectivity index is 3.04. The molecule has 78 valence electrons. The molecule has 15 heavy (non-hydrogen) atoms. The number of aromatic nitrogens is 1. The van der Waals surface area contributed by atoms with Gasteiger partial charge in [0.2, 0.25) is 0 Å². The smallest absolute Gasteiger partial charge is 0.251 e. The first-order valence-electron chi connectivity index (χ1n) is 5.08. The summed E-state index contributed by atoms with van der Waals surface area (Å²) in [4.78, 5) is 11.6. The summed E-state index contributed by atoms with van der Waals surface area (Å²) in [6.45, 7) is 6.15. The molecule has 2 heteroatoms. The molecular formula is C13H15NO. The van der Waals surface area contributed by atoms with Gasteiger partial charge in [-0.3, -0.25) is 4.79 Å². The molecule has 0 bridgehead atoms. The van der Waals surface area contributed by atoms with Crippen LogP contribution >= 0.6 is 0 Å². The maximum atomic E-state index is 11.6. The molecule has 1 aromatic heterocycles. The van der Waals surface area contributed by atoms with Crippen molar-refractivity contribution < 1.29 is 0 Å². The van der Waals surface area contributed by atoms with Crippen LogP contribution in [0.2, 0.25) is 0 Å². The summed E-state index contributed by atoms with van der Waals surface area (Å²) >= 11 is 0. The maximum absolute atomic E-state index is 11.6. The van der Waals surface area contributed by atoms with Gasteiger partial charge in [-0.1, -0.05) is 0 Å². The van der Waals surface area contributed by atoms with Crippen molar-refractivity contribution in [2.75, 3.05) is 0 Å². The lowest BCUT2D eigenvalue weighted by atomic mass is 10.0. The number of hydrogen-bond donors (Lipinski definition) is 0. The highest BCUT2D eigenvalue weighted by Gasteiger charge is 2.05. The van der Waals surface area contributed by atoms with E-state index in [9.17, 15) is 4.79 Å². The quantitative estimate of drug-likeness (QED) is 0.641. The van der Waals surface area contributed by atoms with Gasteiger partial charge in [-0.2, -0.15) is 0 Å². The van der Waals surface area contributed by atoms with Crippen molar-refractivity contribution in [3.63, 3.8) is 0 Å². The van der Waals surface area contributed by atoms with Crippen molar-refractivity contribution >= 4 is 10.9 Å². The van der Waals surface area contributed by atoms with E-state index >= 15 is 0 Å². The minimum absolute atomic E-state index is 0.0586. The van der Waals surface area contributed by atoms with E-state index in [4.69, 9.17) is 0 Å². The summed E-state index contributed by atoms with van der Waals surface area (Å²) in [5.74, 6) is 0. The maximum Gasteiger partial charge on any atom is 0.251 e. The van der Waals surface area contributed by atoms with Gasteiger partial charge in [-0.25, -0.2) is 0 Å². The van der Waals surface area contributed by atoms with Crippen LogP contribution in [-0.4, -0.2) is 4.57 Å². The molecule has 0 aliphatic carbocycles. The average Bonchev–Trinajstić information content (AvgIpc) is 2.18. The van der Waals surface area contributed by atoms with Gasteiger partial charge >= 0.3 is 0 Å². The van der Waals surface area contributed by atoms with E-state index in [1.807, 2.05) is 14.0 Å². The highest BCUT2D eigenvalue weighted by molar-refractivity contribution is 5.83. The Bertz CT molecular complexity index is 593. The van der Waals surface area contributed by atoms with Crippen molar-refractivity contribution in [2.45, 2.75) is 20.8 Å². The molecule has 0 aliphatic rings. The third-order valence-corrected chi connectivity index (χ3v) is 3.07. The molecule has 0 amide bonds. The van der Waals surface area contributed by atoms with Crippen LogP contribution in [0.5, 0.6) is 0 Å². The van der Waals surface area contributed by atoms with Crippen molar-refractivity contribution in [3.05, 3.63) is 45.2 Å². The predicted octanol–water partition coefficient (Wildman–Crippen LogP) is 2.46. The predicted molar refractivity (Wildman–Crippen MR) is 63.4 cm³/mol. The number of hydrogen-bond acceptors (Lipinski definition) is 1. The molecule has 0 fully saturated rings. The first-order valence-corrected chi connectivity index (χ1v) is 5.08. The molecule has 2 nitrogen and oxygen atoms in total. The normalized spacial score (nSPS) is 10.9. The van der Waals surface area contributed by atoms with Crippen LogP contribution < -0.4 is 5.56 Å². The summed E-state index contributed by atoms with van der Waals surface area (Å²) in [6, 6.07) is 5.93. The van der Waals surface area contributed by atoms with E-state index in [-0.39, 0.29) is 5.56 Å². The third-order valence-electron chi connectivity index (χ3n) is 3.07. The van der Waals surface area contributed by atoms with E-state index in [1.54, 1.807) is 10.6 Å². The molecule has 1 heterocycles. The Kier molecular flexibility index (Phi) is 2.14. The fourth-order valence-corrected chi connectivity index (χ4v) is 1.87. The molecule has 0 saturated heterocycles.